The van der Waals surface area contributed by atoms with Gasteiger partial charge in [-0.25, -0.2) is 0 Å². The maximum Gasteiger partial charge on any atom is 0.235 e. The average molecular weight is 282 g/mol. The normalized spacial score (nSPS) is 32.9. The molecule has 1 aromatic carbocycles. The van der Waals surface area contributed by atoms with Gasteiger partial charge in [-0.15, -0.1) is 0 Å². The summed E-state index contributed by atoms with van der Waals surface area (Å²) in [5.74, 6) is 0.351. The van der Waals surface area contributed by atoms with E-state index in [4.69, 9.17) is 0 Å². The Hall–Kier alpha value is -2.10. The molecule has 1 N–H and O–H groups in total. The summed E-state index contributed by atoms with van der Waals surface area (Å²) in [5.41, 5.74) is 2.12. The Morgan fingerprint density at radius 2 is 1.62 bits per heavy atom. The van der Waals surface area contributed by atoms with Gasteiger partial charge in [0.25, 0.3) is 0 Å². The van der Waals surface area contributed by atoms with Crippen molar-refractivity contribution in [3.8, 4) is 0 Å². The van der Waals surface area contributed by atoms with Gasteiger partial charge in [0.15, 0.2) is 0 Å². The first-order valence-corrected chi connectivity index (χ1v) is 7.49. The minimum Gasteiger partial charge on any atom is -0.367 e. The molecule has 0 spiro atoms. The second-order valence-electron chi connectivity index (χ2n) is 6.31. The standard InChI is InChI=1S/C17H18N2O2/c1-10-2-6-13(7-3-10)18-9-19-16(20)14-11-4-5-12(8-11)15(14)17(19)21/h2-7,11-12,14-15,18H,8-9H2,1H3/t11-,12-,14-,15+/m0/s1. The molecule has 4 nitrogen and oxygen atoms in total. The largest absolute Gasteiger partial charge is 0.367 e. The molecule has 0 radical (unpaired) electrons. The molecular weight excluding hydrogens is 264 g/mol. The predicted octanol–water partition coefficient (Wildman–Crippen LogP) is 2.17. The van der Waals surface area contributed by atoms with Gasteiger partial charge in [0.1, 0.15) is 0 Å². The number of nitrogens with zero attached hydrogens (tertiary/aromatic N) is 1. The molecule has 2 fully saturated rings. The first-order chi connectivity index (χ1) is 10.1. The number of fused-ring (bicyclic) bond motifs is 5. The lowest BCUT2D eigenvalue weighted by atomic mass is 9.85. The molecule has 21 heavy (non-hydrogen) atoms. The van der Waals surface area contributed by atoms with E-state index in [1.54, 1.807) is 0 Å². The van der Waals surface area contributed by atoms with E-state index in [1.807, 2.05) is 31.2 Å². The molecule has 108 valence electrons. The predicted molar refractivity (Wildman–Crippen MR) is 79.2 cm³/mol. The Morgan fingerprint density at radius 3 is 2.19 bits per heavy atom. The number of hydrogen-bond acceptors (Lipinski definition) is 3. The SMILES string of the molecule is Cc1ccc(NCN2C(=O)[C@@H]3[C@H](C2=O)[C@H]2C=C[C@H]3C2)cc1. The zero-order valence-electron chi connectivity index (χ0n) is 12.0. The molecule has 2 amide bonds. The van der Waals surface area contributed by atoms with Crippen molar-refractivity contribution in [1.82, 2.24) is 4.90 Å². The molecule has 1 aliphatic heterocycles. The van der Waals surface area contributed by atoms with E-state index in [-0.39, 0.29) is 42.2 Å². The molecule has 1 heterocycles. The molecule has 3 aliphatic rings. The molecule has 0 unspecified atom stereocenters. The van der Waals surface area contributed by atoms with Gasteiger partial charge < -0.3 is 5.32 Å². The third kappa shape index (κ3) is 1.82. The lowest BCUT2D eigenvalue weighted by Crippen LogP contribution is -2.37. The molecule has 2 bridgehead atoms. The minimum absolute atomic E-state index is 0.00135. The number of hydrogen-bond donors (Lipinski definition) is 1. The van der Waals surface area contributed by atoms with Gasteiger partial charge in [-0.3, -0.25) is 14.5 Å². The topological polar surface area (TPSA) is 49.4 Å². The van der Waals surface area contributed by atoms with Crippen LogP contribution in [0.15, 0.2) is 36.4 Å². The van der Waals surface area contributed by atoms with Crippen molar-refractivity contribution in [1.29, 1.82) is 0 Å². The van der Waals surface area contributed by atoms with Gasteiger partial charge in [0.2, 0.25) is 11.8 Å². The Kier molecular flexibility index (Phi) is 2.67. The first kappa shape index (κ1) is 12.6. The highest BCUT2D eigenvalue weighted by Gasteiger charge is 2.59. The van der Waals surface area contributed by atoms with E-state index in [9.17, 15) is 9.59 Å². The molecule has 0 aromatic heterocycles. The number of nitrogens with one attached hydrogen (secondary N) is 1. The Bertz CT molecular complexity index is 605. The van der Waals surface area contributed by atoms with Crippen molar-refractivity contribution < 1.29 is 9.59 Å². The molecule has 4 heteroatoms. The number of likely N-dealkylation sites (tertiary alicyclic amines) is 1. The maximum atomic E-state index is 12.5. The summed E-state index contributed by atoms with van der Waals surface area (Å²) in [6, 6.07) is 7.95. The van der Waals surface area contributed by atoms with Crippen molar-refractivity contribution >= 4 is 17.5 Å². The van der Waals surface area contributed by atoms with Gasteiger partial charge in [0, 0.05) is 5.69 Å². The van der Waals surface area contributed by atoms with Crippen molar-refractivity contribution in [2.24, 2.45) is 23.7 Å². The van der Waals surface area contributed by atoms with Crippen LogP contribution in [0.3, 0.4) is 0 Å². The zero-order chi connectivity index (χ0) is 14.6. The van der Waals surface area contributed by atoms with Gasteiger partial charge in [-0.2, -0.15) is 0 Å². The summed E-state index contributed by atoms with van der Waals surface area (Å²) >= 11 is 0. The summed E-state index contributed by atoms with van der Waals surface area (Å²) < 4.78 is 0. The van der Waals surface area contributed by atoms with E-state index >= 15 is 0 Å². The fourth-order valence-electron chi connectivity index (χ4n) is 3.96. The number of carbonyl (C=O) groups is 2. The smallest absolute Gasteiger partial charge is 0.235 e. The molecule has 1 saturated carbocycles. The van der Waals surface area contributed by atoms with Crippen LogP contribution in [0.25, 0.3) is 0 Å². The number of imide groups is 1. The number of allylic oxidation sites excluding steroid dienone is 2. The van der Waals surface area contributed by atoms with Crippen LogP contribution in [0.5, 0.6) is 0 Å². The van der Waals surface area contributed by atoms with Crippen LogP contribution in [-0.4, -0.2) is 23.4 Å². The Labute approximate surface area is 123 Å². The summed E-state index contributed by atoms with van der Waals surface area (Å²) in [5, 5.41) is 3.18. The van der Waals surface area contributed by atoms with Crippen LogP contribution in [0.4, 0.5) is 5.69 Å². The van der Waals surface area contributed by atoms with Crippen LogP contribution in [0.2, 0.25) is 0 Å². The van der Waals surface area contributed by atoms with Crippen molar-refractivity contribution in [2.75, 3.05) is 12.0 Å². The molecule has 4 atom stereocenters. The average Bonchev–Trinajstić information content (AvgIpc) is 3.14. The number of rotatable bonds is 3. The van der Waals surface area contributed by atoms with Crippen LogP contribution < -0.4 is 5.32 Å². The highest BCUT2D eigenvalue weighted by Crippen LogP contribution is 2.52. The number of amides is 2. The van der Waals surface area contributed by atoms with Crippen molar-refractivity contribution in [3.63, 3.8) is 0 Å². The summed E-state index contributed by atoms with van der Waals surface area (Å²) in [6.07, 6.45) is 5.22. The van der Waals surface area contributed by atoms with E-state index in [2.05, 4.69) is 17.5 Å². The highest BCUT2D eigenvalue weighted by atomic mass is 16.2. The monoisotopic (exact) mass is 282 g/mol. The number of aryl methyl sites for hydroxylation is 1. The second kappa shape index (κ2) is 4.45. The van der Waals surface area contributed by atoms with E-state index < -0.39 is 0 Å². The first-order valence-electron chi connectivity index (χ1n) is 7.49. The van der Waals surface area contributed by atoms with Crippen LogP contribution in [0.1, 0.15) is 12.0 Å². The summed E-state index contributed by atoms with van der Waals surface area (Å²) in [7, 11) is 0. The van der Waals surface area contributed by atoms with Crippen molar-refractivity contribution in [3.05, 3.63) is 42.0 Å². The number of carbonyl (C=O) groups excluding carboxylic acids is 2. The number of anilines is 1. The lowest BCUT2D eigenvalue weighted by molar-refractivity contribution is -0.140. The van der Waals surface area contributed by atoms with E-state index in [1.165, 1.54) is 10.5 Å². The van der Waals surface area contributed by atoms with E-state index in [0.717, 1.165) is 12.1 Å². The van der Waals surface area contributed by atoms with Crippen LogP contribution >= 0.6 is 0 Å². The second-order valence-corrected chi connectivity index (χ2v) is 6.31. The highest BCUT2D eigenvalue weighted by molar-refractivity contribution is 6.06. The molecule has 4 rings (SSSR count). The fourth-order valence-corrected chi connectivity index (χ4v) is 3.96. The number of benzene rings is 1. The van der Waals surface area contributed by atoms with Gasteiger partial charge >= 0.3 is 0 Å². The molecule has 1 aromatic rings. The Morgan fingerprint density at radius 1 is 1.05 bits per heavy atom. The summed E-state index contributed by atoms with van der Waals surface area (Å²) in [4.78, 5) is 26.4. The van der Waals surface area contributed by atoms with Crippen LogP contribution in [0, 0.1) is 30.6 Å². The van der Waals surface area contributed by atoms with Crippen molar-refractivity contribution in [2.45, 2.75) is 13.3 Å². The molecule has 1 saturated heterocycles. The third-order valence-corrected chi connectivity index (χ3v) is 5.05. The summed E-state index contributed by atoms with van der Waals surface area (Å²) in [6.45, 7) is 2.30. The van der Waals surface area contributed by atoms with Gasteiger partial charge in [-0.1, -0.05) is 29.8 Å². The van der Waals surface area contributed by atoms with Gasteiger partial charge in [0.05, 0.1) is 18.5 Å². The third-order valence-electron chi connectivity index (χ3n) is 5.05. The fraction of sp³-hybridized carbons (Fsp3) is 0.412. The maximum absolute atomic E-state index is 12.5. The van der Waals surface area contributed by atoms with Crippen LogP contribution in [-0.2, 0) is 9.59 Å². The van der Waals surface area contributed by atoms with Gasteiger partial charge in [-0.05, 0) is 37.3 Å². The lowest BCUT2D eigenvalue weighted by Gasteiger charge is -2.18. The minimum atomic E-state index is -0.104. The molecule has 2 aliphatic carbocycles. The quantitative estimate of drug-likeness (QED) is 0.683. The zero-order valence-corrected chi connectivity index (χ0v) is 12.0. The molecular formula is C17H18N2O2. The van der Waals surface area contributed by atoms with E-state index in [0.29, 0.717) is 0 Å². The Balaban J connectivity index is 1.48.